The maximum absolute atomic E-state index is 13.2. The monoisotopic (exact) mass is 418 g/mol. The van der Waals surface area contributed by atoms with Gasteiger partial charge in [-0.2, -0.15) is 0 Å². The van der Waals surface area contributed by atoms with Gasteiger partial charge in [0, 0.05) is 11.1 Å². The SMILES string of the molecule is O=C(CN(c1ccc(Cl)cc1)S(=O)(=O)c1ccccc1)N[C@H]1C[C@H]2CC[C@H]1C2. The topological polar surface area (TPSA) is 66.5 Å². The molecule has 3 atom stereocenters. The summed E-state index contributed by atoms with van der Waals surface area (Å²) >= 11 is 5.96. The summed E-state index contributed by atoms with van der Waals surface area (Å²) in [6.45, 7) is -0.257. The second-order valence-corrected chi connectivity index (χ2v) is 9.95. The number of nitrogens with one attached hydrogen (secondary N) is 1. The Morgan fingerprint density at radius 2 is 1.75 bits per heavy atom. The molecule has 5 nitrogen and oxygen atoms in total. The summed E-state index contributed by atoms with van der Waals surface area (Å²) in [5.41, 5.74) is 0.413. The minimum Gasteiger partial charge on any atom is -0.352 e. The standard InChI is InChI=1S/C21H23ClN2O3S/c22-17-8-10-18(11-9-17)24(28(26,27)19-4-2-1-3-5-19)14-21(25)23-20-13-15-6-7-16(20)12-15/h1-5,8-11,15-16,20H,6-7,12-14H2,(H,23,25)/t15-,16-,20-/m0/s1. The predicted molar refractivity (Wildman–Crippen MR) is 110 cm³/mol. The van der Waals surface area contributed by atoms with E-state index in [1.54, 1.807) is 42.5 Å². The van der Waals surface area contributed by atoms with Crippen molar-refractivity contribution < 1.29 is 13.2 Å². The second-order valence-electron chi connectivity index (χ2n) is 7.65. The van der Waals surface area contributed by atoms with Crippen molar-refractivity contribution in [3.8, 4) is 0 Å². The molecule has 0 aromatic heterocycles. The van der Waals surface area contributed by atoms with Gasteiger partial charge in [-0.1, -0.05) is 36.2 Å². The molecule has 1 N–H and O–H groups in total. The number of halogens is 1. The van der Waals surface area contributed by atoms with Crippen LogP contribution in [0, 0.1) is 11.8 Å². The molecule has 2 aliphatic rings. The lowest BCUT2D eigenvalue weighted by Gasteiger charge is -2.27. The van der Waals surface area contributed by atoms with Crippen molar-refractivity contribution in [2.45, 2.75) is 36.6 Å². The normalized spacial score (nSPS) is 23.5. The third kappa shape index (κ3) is 3.89. The Hall–Kier alpha value is -2.05. The molecule has 4 rings (SSSR count). The van der Waals surface area contributed by atoms with E-state index in [-0.39, 0.29) is 23.4 Å². The minimum atomic E-state index is -3.88. The first-order valence-corrected chi connectivity index (χ1v) is 11.4. The highest BCUT2D eigenvalue weighted by Crippen LogP contribution is 2.44. The van der Waals surface area contributed by atoms with Gasteiger partial charge in [0.05, 0.1) is 10.6 Å². The number of benzene rings is 2. The molecule has 0 spiro atoms. The zero-order valence-corrected chi connectivity index (χ0v) is 17.0. The van der Waals surface area contributed by atoms with Crippen LogP contribution in [0.2, 0.25) is 5.02 Å². The number of rotatable bonds is 6. The average Bonchev–Trinajstić information content (AvgIpc) is 3.31. The predicted octanol–water partition coefficient (Wildman–Crippen LogP) is 3.84. The fraction of sp³-hybridized carbons (Fsp3) is 0.381. The van der Waals surface area contributed by atoms with Gasteiger partial charge in [-0.3, -0.25) is 9.10 Å². The van der Waals surface area contributed by atoms with Gasteiger partial charge in [0.2, 0.25) is 5.91 Å². The van der Waals surface area contributed by atoms with E-state index in [1.807, 2.05) is 0 Å². The number of sulfonamides is 1. The van der Waals surface area contributed by atoms with Crippen molar-refractivity contribution >= 4 is 33.2 Å². The number of hydrogen-bond acceptors (Lipinski definition) is 3. The van der Waals surface area contributed by atoms with E-state index in [9.17, 15) is 13.2 Å². The number of carbonyl (C=O) groups excluding carboxylic acids is 1. The van der Waals surface area contributed by atoms with Gasteiger partial charge in [0.1, 0.15) is 6.54 Å². The van der Waals surface area contributed by atoms with Crippen molar-refractivity contribution in [1.29, 1.82) is 0 Å². The number of fused-ring (bicyclic) bond motifs is 2. The molecule has 148 valence electrons. The molecule has 0 heterocycles. The zero-order chi connectivity index (χ0) is 19.7. The number of anilines is 1. The molecule has 2 aromatic rings. The van der Waals surface area contributed by atoms with E-state index in [0.717, 1.165) is 17.1 Å². The van der Waals surface area contributed by atoms with Gasteiger partial charge in [0.25, 0.3) is 10.0 Å². The van der Waals surface area contributed by atoms with Crippen LogP contribution in [0.4, 0.5) is 5.69 Å². The Balaban J connectivity index is 1.58. The molecular weight excluding hydrogens is 396 g/mol. The molecule has 2 bridgehead atoms. The Kier molecular flexibility index (Phi) is 5.34. The maximum atomic E-state index is 13.2. The molecule has 2 aliphatic carbocycles. The number of carbonyl (C=O) groups is 1. The lowest BCUT2D eigenvalue weighted by Crippen LogP contribution is -2.45. The molecule has 2 saturated carbocycles. The molecule has 0 saturated heterocycles. The van der Waals surface area contributed by atoms with Gasteiger partial charge in [0.15, 0.2) is 0 Å². The molecule has 7 heteroatoms. The van der Waals surface area contributed by atoms with E-state index < -0.39 is 10.0 Å². The second kappa shape index (κ2) is 7.76. The maximum Gasteiger partial charge on any atom is 0.264 e. The Morgan fingerprint density at radius 1 is 1.04 bits per heavy atom. The van der Waals surface area contributed by atoms with Crippen LogP contribution < -0.4 is 9.62 Å². The summed E-state index contributed by atoms with van der Waals surface area (Å²) in [7, 11) is -3.88. The summed E-state index contributed by atoms with van der Waals surface area (Å²) < 4.78 is 27.6. The molecule has 2 fully saturated rings. The highest BCUT2D eigenvalue weighted by Gasteiger charge is 2.40. The van der Waals surface area contributed by atoms with E-state index >= 15 is 0 Å². The van der Waals surface area contributed by atoms with Crippen molar-refractivity contribution in [3.05, 3.63) is 59.6 Å². The number of amides is 1. The molecule has 28 heavy (non-hydrogen) atoms. The fourth-order valence-electron chi connectivity index (χ4n) is 4.45. The molecular formula is C21H23ClN2O3S. The van der Waals surface area contributed by atoms with Crippen LogP contribution in [0.3, 0.4) is 0 Å². The Morgan fingerprint density at radius 3 is 2.36 bits per heavy atom. The van der Waals surface area contributed by atoms with Gasteiger partial charge in [-0.05, 0) is 67.5 Å². The first kappa shape index (κ1) is 19.3. The van der Waals surface area contributed by atoms with Crippen molar-refractivity contribution in [2.24, 2.45) is 11.8 Å². The molecule has 0 unspecified atom stereocenters. The van der Waals surface area contributed by atoms with Crippen LogP contribution in [-0.4, -0.2) is 26.9 Å². The van der Waals surface area contributed by atoms with Gasteiger partial charge in [-0.15, -0.1) is 0 Å². The third-order valence-electron chi connectivity index (χ3n) is 5.82. The highest BCUT2D eigenvalue weighted by molar-refractivity contribution is 7.92. The molecule has 2 aromatic carbocycles. The number of hydrogen-bond donors (Lipinski definition) is 1. The molecule has 0 radical (unpaired) electrons. The van der Waals surface area contributed by atoms with Crippen LogP contribution in [0.5, 0.6) is 0 Å². The summed E-state index contributed by atoms with van der Waals surface area (Å²) in [4.78, 5) is 12.9. The van der Waals surface area contributed by atoms with E-state index in [2.05, 4.69) is 5.32 Å². The molecule has 1 amide bonds. The summed E-state index contributed by atoms with van der Waals surface area (Å²) in [6.07, 6.45) is 4.58. The highest BCUT2D eigenvalue weighted by atomic mass is 35.5. The largest absolute Gasteiger partial charge is 0.352 e. The fourth-order valence-corrected chi connectivity index (χ4v) is 6.01. The quantitative estimate of drug-likeness (QED) is 0.775. The van der Waals surface area contributed by atoms with Crippen LogP contribution >= 0.6 is 11.6 Å². The van der Waals surface area contributed by atoms with E-state index in [0.29, 0.717) is 22.5 Å². The van der Waals surface area contributed by atoms with Gasteiger partial charge < -0.3 is 5.32 Å². The zero-order valence-electron chi connectivity index (χ0n) is 15.4. The number of nitrogens with zero attached hydrogens (tertiary/aromatic N) is 1. The summed E-state index contributed by atoms with van der Waals surface area (Å²) in [6, 6.07) is 14.8. The average molecular weight is 419 g/mol. The van der Waals surface area contributed by atoms with Crippen molar-refractivity contribution in [2.75, 3.05) is 10.8 Å². The lowest BCUT2D eigenvalue weighted by atomic mass is 9.95. The lowest BCUT2D eigenvalue weighted by molar-refractivity contribution is -0.120. The van der Waals surface area contributed by atoms with Crippen molar-refractivity contribution in [3.63, 3.8) is 0 Å². The van der Waals surface area contributed by atoms with E-state index in [1.165, 1.54) is 25.0 Å². The van der Waals surface area contributed by atoms with E-state index in [4.69, 9.17) is 11.6 Å². The van der Waals surface area contributed by atoms with Crippen molar-refractivity contribution in [1.82, 2.24) is 5.32 Å². The minimum absolute atomic E-state index is 0.151. The first-order valence-electron chi connectivity index (χ1n) is 9.56. The third-order valence-corrected chi connectivity index (χ3v) is 7.86. The van der Waals surface area contributed by atoms with Crippen LogP contribution in [-0.2, 0) is 14.8 Å². The summed E-state index contributed by atoms with van der Waals surface area (Å²) in [5, 5.41) is 3.58. The van der Waals surface area contributed by atoms with Crippen LogP contribution in [0.25, 0.3) is 0 Å². The molecule has 0 aliphatic heterocycles. The Labute approximate surface area is 170 Å². The van der Waals surface area contributed by atoms with Gasteiger partial charge >= 0.3 is 0 Å². The first-order chi connectivity index (χ1) is 13.4. The smallest absolute Gasteiger partial charge is 0.264 e. The van der Waals surface area contributed by atoms with Crippen LogP contribution in [0.15, 0.2) is 59.5 Å². The summed E-state index contributed by atoms with van der Waals surface area (Å²) in [5.74, 6) is 0.964. The Bertz CT molecular complexity index is 947. The van der Waals surface area contributed by atoms with Gasteiger partial charge in [-0.25, -0.2) is 8.42 Å². The van der Waals surface area contributed by atoms with Crippen LogP contribution in [0.1, 0.15) is 25.7 Å².